The number of nitrogens with one attached hydrogen (secondary N) is 4. The van der Waals surface area contributed by atoms with Gasteiger partial charge >= 0.3 is 0 Å². The lowest BCUT2D eigenvalue weighted by atomic mass is 9.58. The lowest BCUT2D eigenvalue weighted by molar-refractivity contribution is -0.145. The minimum atomic E-state index is -1.12. The summed E-state index contributed by atoms with van der Waals surface area (Å²) in [6.07, 6.45) is 15.8. The van der Waals surface area contributed by atoms with Crippen LogP contribution in [0.1, 0.15) is 177 Å². The van der Waals surface area contributed by atoms with Gasteiger partial charge in [-0.25, -0.2) is 29.9 Å². The van der Waals surface area contributed by atoms with E-state index in [0.717, 1.165) is 111 Å². The van der Waals surface area contributed by atoms with E-state index in [1.165, 1.54) is 21.1 Å². The zero-order valence-corrected chi connectivity index (χ0v) is 78.9. The Hall–Kier alpha value is -12.4. The SMILES string of the molecule is Cc1ncsc1-c1ccc(CNC(=O)[C@@H]2C[C@@H](O)CN2C(=O)[C@@H](NC(=O)C2CCC(c3cnc(N4C5CCC4CN(c4cc(-c6ccccc6O)nnc4N)C5)nc3)CC2C)C(C)(C)CCc2ncsc2-c2ccc(CNC(=O)[C@@H]3C[C@@H](O)CN3C(=O)[C@@H](NC(=O)[C@@H]3CC4CCC3C[C@@H]4c3cnc(N4C5CCC4CN(c4cc(-c6ccccc6O)nnc4N)C5)nc3)C(C)(C)C)cc2)cc1. The molecule has 0 radical (unpaired) electrons. The smallest absolute Gasteiger partial charge is 0.246 e. The molecule has 706 valence electrons. The van der Waals surface area contributed by atoms with E-state index in [-0.39, 0.29) is 122 Å². The number of fused-ring (bicyclic) bond motifs is 7. The fourth-order valence-corrected chi connectivity index (χ4v) is 24.7. The molecule has 20 rings (SSSR count). The number of carbonyl (C=O) groups excluding carboxylic acids is 6. The van der Waals surface area contributed by atoms with Crippen LogP contribution >= 0.6 is 22.7 Å². The molecule has 12 heterocycles. The summed E-state index contributed by atoms with van der Waals surface area (Å²) in [7, 11) is 0. The summed E-state index contributed by atoms with van der Waals surface area (Å²) in [5.74, 6) is -0.174. The average molecular weight is 1870 g/mol. The number of hydrogen-bond donors (Lipinski definition) is 10. The van der Waals surface area contributed by atoms with Crippen molar-refractivity contribution in [3.63, 3.8) is 0 Å². The van der Waals surface area contributed by atoms with Gasteiger partial charge in [-0.2, -0.15) is 0 Å². The maximum absolute atomic E-state index is 15.7. The Balaban J connectivity index is 0.476. The number of nitrogens with two attached hydrogens (primary N) is 2. The molecule has 17 atom stereocenters. The zero-order chi connectivity index (χ0) is 94.0. The Morgan fingerprint density at radius 3 is 1.44 bits per heavy atom. The van der Waals surface area contributed by atoms with E-state index >= 15 is 14.4 Å². The summed E-state index contributed by atoms with van der Waals surface area (Å²) >= 11 is 3.03. The molecule has 9 unspecified atom stereocenters. The number of amides is 6. The van der Waals surface area contributed by atoms with Gasteiger partial charge in [-0.05, 0) is 201 Å². The Morgan fingerprint density at radius 1 is 0.496 bits per heavy atom. The van der Waals surface area contributed by atoms with Crippen LogP contribution in [-0.4, -0.2) is 216 Å². The third-order valence-corrected chi connectivity index (χ3v) is 32.4. The van der Waals surface area contributed by atoms with Crippen LogP contribution in [0.4, 0.5) is 34.9 Å². The highest BCUT2D eigenvalue weighted by Crippen LogP contribution is 2.54. The summed E-state index contributed by atoms with van der Waals surface area (Å²) in [6.45, 7) is 16.6. The molecule has 4 aromatic carbocycles. The van der Waals surface area contributed by atoms with Crippen LogP contribution in [-0.2, 0) is 48.3 Å². The summed E-state index contributed by atoms with van der Waals surface area (Å²) < 4.78 is 0. The van der Waals surface area contributed by atoms with Gasteiger partial charge in [-0.3, -0.25) is 28.8 Å². The summed E-state index contributed by atoms with van der Waals surface area (Å²) in [4.78, 5) is 133. The Bertz CT molecular complexity index is 6010. The number of anilines is 6. The van der Waals surface area contributed by atoms with Gasteiger partial charge in [0.15, 0.2) is 11.6 Å². The second kappa shape index (κ2) is 38.0. The number of phenols is 2. The number of para-hydroxylation sites is 2. The Kier molecular flexibility index (Phi) is 25.8. The van der Waals surface area contributed by atoms with Gasteiger partial charge in [-0.1, -0.05) is 114 Å². The lowest BCUT2D eigenvalue weighted by Crippen LogP contribution is -2.59. The van der Waals surface area contributed by atoms with Gasteiger partial charge in [0.05, 0.1) is 67.1 Å². The average Bonchev–Trinajstić information content (AvgIpc) is 1.36. The number of thiazole rings is 2. The second-order valence-electron chi connectivity index (χ2n) is 40.7. The zero-order valence-electron chi connectivity index (χ0n) is 77.3. The number of phenolic OH excluding ortho intramolecular Hbond substituents is 2. The van der Waals surface area contributed by atoms with Gasteiger partial charge in [0, 0.05) is 137 Å². The van der Waals surface area contributed by atoms with Gasteiger partial charge in [0.25, 0.3) is 0 Å². The second-order valence-corrected chi connectivity index (χ2v) is 42.4. The third-order valence-electron chi connectivity index (χ3n) is 30.5. The van der Waals surface area contributed by atoms with Crippen molar-refractivity contribution in [2.45, 2.75) is 230 Å². The number of nitrogens with zero attached hydrogens (tertiary/aromatic N) is 16. The van der Waals surface area contributed by atoms with E-state index in [1.54, 1.807) is 41.1 Å². The van der Waals surface area contributed by atoms with E-state index in [4.69, 9.17) is 36.4 Å². The predicted octanol–water partition coefficient (Wildman–Crippen LogP) is 11.3. The lowest BCUT2D eigenvalue weighted by Gasteiger charge is -2.47. The fourth-order valence-electron chi connectivity index (χ4n) is 23.1. The number of piperazine rings is 2. The van der Waals surface area contributed by atoms with E-state index in [2.05, 4.69) is 73.2 Å². The van der Waals surface area contributed by atoms with Crippen LogP contribution in [0.3, 0.4) is 0 Å². The molecule has 6 saturated heterocycles. The predicted molar refractivity (Wildman–Crippen MR) is 516 cm³/mol. The first kappa shape index (κ1) is 91.7. The van der Waals surface area contributed by atoms with Crippen LogP contribution in [0.25, 0.3) is 43.4 Å². The number of aromatic hydroxyl groups is 2. The number of rotatable bonds is 26. The molecule has 6 amide bonds. The molecule has 4 saturated carbocycles. The van der Waals surface area contributed by atoms with Crippen LogP contribution in [0.15, 0.2) is 145 Å². The van der Waals surface area contributed by atoms with Crippen molar-refractivity contribution in [2.75, 3.05) is 70.3 Å². The van der Waals surface area contributed by atoms with Crippen LogP contribution in [0, 0.1) is 47.3 Å². The van der Waals surface area contributed by atoms with E-state index in [0.29, 0.717) is 111 Å². The number of hydrogen-bond acceptors (Lipinski definition) is 28. The van der Waals surface area contributed by atoms with Crippen LogP contribution in [0.2, 0.25) is 0 Å². The van der Waals surface area contributed by atoms with Gasteiger partial charge in [0.2, 0.25) is 47.3 Å². The molecule has 6 aromatic heterocycles. The number of nitrogen functional groups attached to an aromatic ring is 2. The highest BCUT2D eigenvalue weighted by atomic mass is 32.1. The Labute approximate surface area is 793 Å². The molecule has 10 aliphatic rings. The largest absolute Gasteiger partial charge is 0.507 e. The normalized spacial score (nSPS) is 25.3. The minimum absolute atomic E-state index is 0.0215. The quantitative estimate of drug-likeness (QED) is 0.0241. The molecular formula is C101H120N22O10S2. The first-order valence-electron chi connectivity index (χ1n) is 47.7. The monoisotopic (exact) mass is 1860 g/mol. The first-order chi connectivity index (χ1) is 65.0. The summed E-state index contributed by atoms with van der Waals surface area (Å²) in [5.41, 5.74) is 26.0. The van der Waals surface area contributed by atoms with E-state index in [1.807, 2.05) is 157 Å². The maximum atomic E-state index is 15.7. The van der Waals surface area contributed by atoms with Crippen molar-refractivity contribution < 1.29 is 49.2 Å². The number of carbonyl (C=O) groups is 6. The minimum Gasteiger partial charge on any atom is -0.507 e. The number of benzene rings is 4. The fraction of sp³-hybridized carbons (Fsp3) is 0.485. The van der Waals surface area contributed by atoms with Crippen molar-refractivity contribution in [3.05, 3.63) is 179 Å². The number of aliphatic hydroxyl groups is 2. The Morgan fingerprint density at radius 2 is 0.963 bits per heavy atom. The van der Waals surface area contributed by atoms with Crippen LogP contribution in [0.5, 0.6) is 11.5 Å². The molecule has 34 heteroatoms. The third kappa shape index (κ3) is 18.9. The molecule has 6 aliphatic heterocycles. The molecule has 12 N–H and O–H groups in total. The number of aryl methyl sites for hydroxylation is 2. The first-order valence-corrected chi connectivity index (χ1v) is 49.4. The van der Waals surface area contributed by atoms with Crippen LogP contribution < -0.4 is 52.3 Å². The van der Waals surface area contributed by atoms with Crippen molar-refractivity contribution >= 4 is 93.0 Å². The van der Waals surface area contributed by atoms with Gasteiger partial charge in [-0.15, -0.1) is 43.1 Å². The number of β-amino-alcohol motifs (C(OH)–C–C–N with tert-alkyl or cyclic N) is 2. The molecule has 6 bridgehead atoms. The summed E-state index contributed by atoms with van der Waals surface area (Å²) in [6, 6.07) is 30.1. The topological polar surface area (TPSA) is 432 Å². The number of aliphatic hydroxyl groups excluding tert-OH is 2. The molecule has 135 heavy (non-hydrogen) atoms. The van der Waals surface area contributed by atoms with Crippen molar-refractivity contribution in [3.8, 4) is 54.9 Å². The standard InChI is InChI=1S/C101H120N22O10S2/c1-55-34-61(64-43-106-98(107-44-64)122-66-27-28-67(122)48-118(47-66)80-39-78(114-116-90(80)102)73-12-8-10-14-84(73)126)26-31-72(55)92(128)113-89(97(133)121-52-71(125)38-83(121)95(131)105-41-57-16-20-59(21-17-57)86-56(2)110-53-134-86)101(6,7)33-32-77-87(135-54-111-77)60-22-18-58(19-23-60)42-104-94(130)82-37-70(124)51-120(82)96(132)88(100(3,4)5)112-93(129)76-36-62-24-25-63(76)35-75(62)65-45-108-99(109-46-65)123-68-29-30-69(123)50-119(49-68)81-40-79(115-117-91(81)103)74-13-9-11-15-85(74)127/h8-23,39-40,43-46,53-55,61-63,66-72,75-76,82-83,88-89,124-127H,24-38,41-42,47-52H2,1-7H3,(H2,102,116)(H2,103,117)(H,104,130)(H,105,131)(H,112,129)(H,113,128)/t55?,61?,62?,63?,66?,67?,68?,69?,70-,71-,72?,75+,76-,82+,83+,88-,89-/m1/s1. The molecular weight excluding hydrogens is 1750 g/mol. The number of aromatic nitrogens is 10. The highest BCUT2D eigenvalue weighted by molar-refractivity contribution is 7.13. The van der Waals surface area contributed by atoms with E-state index < -0.39 is 76.8 Å². The van der Waals surface area contributed by atoms with Gasteiger partial charge in [0.1, 0.15) is 35.7 Å². The molecule has 0 spiro atoms. The van der Waals surface area contributed by atoms with Gasteiger partial charge < -0.3 is 82.6 Å². The van der Waals surface area contributed by atoms with Crippen molar-refractivity contribution in [2.24, 2.45) is 40.4 Å². The molecule has 4 aliphatic carbocycles. The maximum Gasteiger partial charge on any atom is 0.246 e. The highest BCUT2D eigenvalue weighted by Gasteiger charge is 2.52. The molecule has 10 aromatic rings. The molecule has 10 fully saturated rings. The van der Waals surface area contributed by atoms with E-state index in [9.17, 15) is 34.8 Å². The van der Waals surface area contributed by atoms with Crippen molar-refractivity contribution in [1.82, 2.24) is 81.4 Å². The number of likely N-dealkylation sites (tertiary alicyclic amines) is 2. The van der Waals surface area contributed by atoms with Crippen molar-refractivity contribution in [1.29, 1.82) is 0 Å². The summed E-state index contributed by atoms with van der Waals surface area (Å²) in [5, 5.41) is 73.7. The molecule has 32 nitrogen and oxygen atoms in total.